The van der Waals surface area contributed by atoms with Crippen molar-refractivity contribution in [1.82, 2.24) is 25.7 Å². The SMILES string of the molecule is Oc1cc(-c2cn[nH]c2)ccc1-c1cc2c(nn1)N([C@@H]1C[C@H]3CC[C@@H](C1)N3)CCO2. The Hall–Kier alpha value is -3.13. The van der Waals surface area contributed by atoms with Crippen LogP contribution in [0, 0.1) is 0 Å². The lowest BCUT2D eigenvalue weighted by Crippen LogP contribution is -2.50. The maximum atomic E-state index is 10.6. The zero-order valence-electron chi connectivity index (χ0n) is 16.6. The number of hydrogen-bond acceptors (Lipinski definition) is 7. The smallest absolute Gasteiger partial charge is 0.194 e. The summed E-state index contributed by atoms with van der Waals surface area (Å²) < 4.78 is 5.94. The Kier molecular flexibility index (Phi) is 4.12. The number of phenols is 1. The van der Waals surface area contributed by atoms with Gasteiger partial charge in [0.15, 0.2) is 11.6 Å². The van der Waals surface area contributed by atoms with Gasteiger partial charge in [-0.2, -0.15) is 5.10 Å². The summed E-state index contributed by atoms with van der Waals surface area (Å²) >= 11 is 0. The van der Waals surface area contributed by atoms with E-state index in [1.807, 2.05) is 18.2 Å². The Bertz CT molecular complexity index is 1060. The zero-order valence-corrected chi connectivity index (χ0v) is 16.6. The predicted molar refractivity (Wildman–Crippen MR) is 113 cm³/mol. The fourth-order valence-corrected chi connectivity index (χ4v) is 5.14. The highest BCUT2D eigenvalue weighted by Crippen LogP contribution is 2.39. The molecule has 3 N–H and O–H groups in total. The molecule has 2 fully saturated rings. The molecule has 8 heteroatoms. The molecule has 0 aliphatic carbocycles. The average Bonchev–Trinajstić information content (AvgIpc) is 3.42. The molecule has 0 unspecified atom stereocenters. The summed E-state index contributed by atoms with van der Waals surface area (Å²) in [4.78, 5) is 2.38. The lowest BCUT2D eigenvalue weighted by Gasteiger charge is -2.40. The van der Waals surface area contributed by atoms with Crippen molar-refractivity contribution in [2.24, 2.45) is 0 Å². The molecule has 3 atom stereocenters. The average molecular weight is 404 g/mol. The van der Waals surface area contributed by atoms with Gasteiger partial charge in [0.1, 0.15) is 18.1 Å². The molecule has 0 radical (unpaired) electrons. The number of nitrogens with zero attached hydrogens (tertiary/aromatic N) is 4. The van der Waals surface area contributed by atoms with Crippen molar-refractivity contribution in [3.63, 3.8) is 0 Å². The van der Waals surface area contributed by atoms with Gasteiger partial charge >= 0.3 is 0 Å². The Morgan fingerprint density at radius 1 is 1.07 bits per heavy atom. The van der Waals surface area contributed by atoms with E-state index in [4.69, 9.17) is 4.74 Å². The number of aromatic amines is 1. The quantitative estimate of drug-likeness (QED) is 0.617. The highest BCUT2D eigenvalue weighted by atomic mass is 16.5. The minimum atomic E-state index is 0.158. The van der Waals surface area contributed by atoms with Crippen molar-refractivity contribution in [2.45, 2.75) is 43.8 Å². The number of phenolic OH excluding ortho intramolecular Hbond substituents is 1. The molecule has 0 amide bonds. The largest absolute Gasteiger partial charge is 0.507 e. The van der Waals surface area contributed by atoms with Crippen LogP contribution in [-0.4, -0.2) is 56.8 Å². The third kappa shape index (κ3) is 2.99. The first-order chi connectivity index (χ1) is 14.7. The van der Waals surface area contributed by atoms with E-state index >= 15 is 0 Å². The molecular weight excluding hydrogens is 380 g/mol. The number of aromatic hydroxyl groups is 1. The van der Waals surface area contributed by atoms with Crippen molar-refractivity contribution in [1.29, 1.82) is 0 Å². The van der Waals surface area contributed by atoms with E-state index < -0.39 is 0 Å². The van der Waals surface area contributed by atoms with Gasteiger partial charge in [-0.3, -0.25) is 5.10 Å². The molecule has 2 saturated heterocycles. The van der Waals surface area contributed by atoms with Crippen molar-refractivity contribution >= 4 is 5.82 Å². The Morgan fingerprint density at radius 3 is 2.70 bits per heavy atom. The second kappa shape index (κ2) is 6.98. The number of benzene rings is 1. The second-order valence-corrected chi connectivity index (χ2v) is 8.44. The summed E-state index contributed by atoms with van der Waals surface area (Å²) in [5.74, 6) is 1.73. The van der Waals surface area contributed by atoms with E-state index in [0.29, 0.717) is 36.0 Å². The number of hydrogen-bond donors (Lipinski definition) is 3. The maximum absolute atomic E-state index is 10.6. The van der Waals surface area contributed by atoms with Gasteiger partial charge in [-0.25, -0.2) is 0 Å². The molecule has 5 heterocycles. The molecule has 0 spiro atoms. The fourth-order valence-electron chi connectivity index (χ4n) is 5.14. The topological polar surface area (TPSA) is 99.2 Å². The van der Waals surface area contributed by atoms with Crippen molar-refractivity contribution < 1.29 is 9.84 Å². The number of nitrogens with one attached hydrogen (secondary N) is 2. The summed E-state index contributed by atoms with van der Waals surface area (Å²) in [6, 6.07) is 9.15. The molecule has 3 aliphatic heterocycles. The molecule has 0 saturated carbocycles. The number of piperidine rings is 1. The van der Waals surface area contributed by atoms with E-state index in [9.17, 15) is 5.11 Å². The number of aromatic nitrogens is 4. The van der Waals surface area contributed by atoms with Gasteiger partial charge in [-0.1, -0.05) is 6.07 Å². The van der Waals surface area contributed by atoms with E-state index in [-0.39, 0.29) is 5.75 Å². The van der Waals surface area contributed by atoms with Crippen LogP contribution in [-0.2, 0) is 0 Å². The summed E-state index contributed by atoms with van der Waals surface area (Å²) in [5, 5.41) is 30.1. The van der Waals surface area contributed by atoms with Crippen molar-refractivity contribution in [3.8, 4) is 33.9 Å². The summed E-state index contributed by atoms with van der Waals surface area (Å²) in [6.07, 6.45) is 8.37. The molecule has 154 valence electrons. The molecule has 8 nitrogen and oxygen atoms in total. The maximum Gasteiger partial charge on any atom is 0.194 e. The summed E-state index contributed by atoms with van der Waals surface area (Å²) in [6.45, 7) is 1.48. The third-order valence-corrected chi connectivity index (χ3v) is 6.60. The highest BCUT2D eigenvalue weighted by Gasteiger charge is 2.38. The van der Waals surface area contributed by atoms with Crippen LogP contribution in [0.1, 0.15) is 25.7 Å². The van der Waals surface area contributed by atoms with Crippen LogP contribution in [0.4, 0.5) is 5.82 Å². The van der Waals surface area contributed by atoms with E-state index in [1.54, 1.807) is 18.5 Å². The fraction of sp³-hybridized carbons (Fsp3) is 0.409. The van der Waals surface area contributed by atoms with Gasteiger partial charge in [0.2, 0.25) is 0 Å². The van der Waals surface area contributed by atoms with Crippen LogP contribution < -0.4 is 15.0 Å². The Balaban J connectivity index is 1.30. The van der Waals surface area contributed by atoms with Crippen LogP contribution in [0.3, 0.4) is 0 Å². The van der Waals surface area contributed by atoms with Gasteiger partial charge in [-0.05, 0) is 43.4 Å². The standard InChI is InChI=1S/C22H24N6O2/c29-20-7-13(14-11-23-24-12-14)1-4-18(20)19-10-21-22(27-26-19)28(5-6-30-21)17-8-15-2-3-16(9-17)25-15/h1,4,7,10-12,15-17,25,29H,2-3,5-6,8-9H2,(H,23,24)/t15-,16+,17-. The lowest BCUT2D eigenvalue weighted by molar-refractivity contribution is 0.274. The molecule has 3 aromatic rings. The molecular formula is C22H24N6O2. The second-order valence-electron chi connectivity index (χ2n) is 8.44. The Morgan fingerprint density at radius 2 is 1.93 bits per heavy atom. The number of rotatable bonds is 3. The molecule has 30 heavy (non-hydrogen) atoms. The molecule has 1 aromatic carbocycles. The number of H-pyrrole nitrogens is 1. The highest BCUT2D eigenvalue weighted by molar-refractivity contribution is 5.75. The number of fused-ring (bicyclic) bond motifs is 3. The van der Waals surface area contributed by atoms with Crippen LogP contribution in [0.25, 0.3) is 22.4 Å². The van der Waals surface area contributed by atoms with Gasteiger partial charge in [0.05, 0.1) is 12.7 Å². The van der Waals surface area contributed by atoms with Crippen LogP contribution in [0.15, 0.2) is 36.7 Å². The van der Waals surface area contributed by atoms with Gasteiger partial charge in [0.25, 0.3) is 0 Å². The number of anilines is 1. The first-order valence-electron chi connectivity index (χ1n) is 10.6. The first-order valence-corrected chi connectivity index (χ1v) is 10.6. The van der Waals surface area contributed by atoms with Crippen LogP contribution in [0.2, 0.25) is 0 Å². The van der Waals surface area contributed by atoms with Crippen molar-refractivity contribution in [3.05, 3.63) is 36.7 Å². The third-order valence-electron chi connectivity index (χ3n) is 6.60. The first kappa shape index (κ1) is 17.7. The number of ether oxygens (including phenoxy) is 1. The lowest BCUT2D eigenvalue weighted by atomic mass is 9.97. The van der Waals surface area contributed by atoms with E-state index in [1.165, 1.54) is 12.8 Å². The van der Waals surface area contributed by atoms with Gasteiger partial charge in [-0.15, -0.1) is 10.2 Å². The van der Waals surface area contributed by atoms with Crippen LogP contribution >= 0.6 is 0 Å². The van der Waals surface area contributed by atoms with Crippen molar-refractivity contribution in [2.75, 3.05) is 18.1 Å². The minimum absolute atomic E-state index is 0.158. The summed E-state index contributed by atoms with van der Waals surface area (Å²) in [7, 11) is 0. The molecule has 6 rings (SSSR count). The van der Waals surface area contributed by atoms with Crippen LogP contribution in [0.5, 0.6) is 11.5 Å². The van der Waals surface area contributed by atoms with E-state index in [0.717, 1.165) is 42.1 Å². The molecule has 3 aliphatic rings. The molecule has 2 aromatic heterocycles. The summed E-state index contributed by atoms with van der Waals surface area (Å²) in [5.41, 5.74) is 3.05. The Labute approximate surface area is 174 Å². The zero-order chi connectivity index (χ0) is 20.1. The monoisotopic (exact) mass is 404 g/mol. The normalized spacial score (nSPS) is 25.1. The van der Waals surface area contributed by atoms with Gasteiger partial charge < -0.3 is 20.1 Å². The molecule has 2 bridgehead atoms. The predicted octanol–water partition coefficient (Wildman–Crippen LogP) is 2.72. The van der Waals surface area contributed by atoms with E-state index in [2.05, 4.69) is 30.6 Å². The van der Waals surface area contributed by atoms with Gasteiger partial charge in [0, 0.05) is 41.5 Å². The minimum Gasteiger partial charge on any atom is -0.507 e.